The fraction of sp³-hybridized carbons (Fsp3) is 0.500. The fourth-order valence-electron chi connectivity index (χ4n) is 4.53. The third-order valence-electron chi connectivity index (χ3n) is 6.46. The highest BCUT2D eigenvalue weighted by Gasteiger charge is 2.40. The number of allylic oxidation sites excluding steroid dienone is 1. The minimum absolute atomic E-state index is 0.0640. The van der Waals surface area contributed by atoms with Crippen LogP contribution in [0.2, 0.25) is 0 Å². The molecule has 0 N–H and O–H groups in total. The van der Waals surface area contributed by atoms with Gasteiger partial charge in [0.2, 0.25) is 5.91 Å². The van der Waals surface area contributed by atoms with Gasteiger partial charge < -0.3 is 14.5 Å². The van der Waals surface area contributed by atoms with Gasteiger partial charge in [-0.05, 0) is 44.5 Å². The van der Waals surface area contributed by atoms with Crippen LogP contribution in [0.1, 0.15) is 36.8 Å². The van der Waals surface area contributed by atoms with Crippen LogP contribution < -0.4 is 4.90 Å². The van der Waals surface area contributed by atoms with Crippen molar-refractivity contribution >= 4 is 17.6 Å². The molecule has 2 saturated heterocycles. The Morgan fingerprint density at radius 3 is 2.50 bits per heavy atom. The Morgan fingerprint density at radius 1 is 1.15 bits per heavy atom. The van der Waals surface area contributed by atoms with Crippen LogP contribution in [-0.4, -0.2) is 89.1 Å². The molecule has 9 nitrogen and oxygen atoms in total. The van der Waals surface area contributed by atoms with E-state index in [4.69, 9.17) is 4.74 Å². The van der Waals surface area contributed by atoms with Gasteiger partial charge in [-0.3, -0.25) is 9.69 Å². The highest BCUT2D eigenvalue weighted by Crippen LogP contribution is 2.29. The summed E-state index contributed by atoms with van der Waals surface area (Å²) in [4.78, 5) is 31.6. The number of esters is 1. The topological polar surface area (TPSA) is 83.8 Å². The first kappa shape index (κ1) is 23.9. The molecule has 0 bridgehead atoms. The Labute approximate surface area is 198 Å². The molecule has 2 fully saturated rings. The van der Waals surface area contributed by atoms with E-state index in [-0.39, 0.29) is 29.5 Å². The number of hydrogen-bond donors (Lipinski definition) is 0. The molecule has 3 heterocycles. The quantitative estimate of drug-likeness (QED) is 0.472. The lowest BCUT2D eigenvalue weighted by Gasteiger charge is -2.38. The van der Waals surface area contributed by atoms with E-state index in [0.29, 0.717) is 45.7 Å². The predicted octanol–water partition coefficient (Wildman–Crippen LogP) is 2.13. The lowest BCUT2D eigenvalue weighted by molar-refractivity contribution is -0.136. The number of benzene rings is 1. The summed E-state index contributed by atoms with van der Waals surface area (Å²) >= 11 is 0. The molecule has 1 aromatic heterocycles. The van der Waals surface area contributed by atoms with Gasteiger partial charge in [0, 0.05) is 45.0 Å². The van der Waals surface area contributed by atoms with Gasteiger partial charge in [0.15, 0.2) is 5.69 Å². The molecule has 182 valence electrons. The van der Waals surface area contributed by atoms with E-state index in [0.717, 1.165) is 5.69 Å². The van der Waals surface area contributed by atoms with Crippen molar-refractivity contribution in [1.29, 1.82) is 0 Å². The molecule has 0 spiro atoms. The Kier molecular flexibility index (Phi) is 7.26. The summed E-state index contributed by atoms with van der Waals surface area (Å²) in [6.07, 6.45) is 4.30. The number of halogens is 1. The molecule has 1 aromatic carbocycles. The molecule has 4 rings (SSSR count). The average Bonchev–Trinajstić information content (AvgIpc) is 3.50. The number of carbonyl (C=O) groups is 2. The molecule has 2 aromatic rings. The molecule has 2 aliphatic heterocycles. The molecule has 0 saturated carbocycles. The Bertz CT molecular complexity index is 1040. The van der Waals surface area contributed by atoms with Crippen LogP contribution in [0.5, 0.6) is 0 Å². The van der Waals surface area contributed by atoms with E-state index < -0.39 is 5.97 Å². The lowest BCUT2D eigenvalue weighted by atomic mass is 10.1. The lowest BCUT2D eigenvalue weighted by Crippen LogP contribution is -2.53. The largest absolute Gasteiger partial charge is 0.464 e. The summed E-state index contributed by atoms with van der Waals surface area (Å²) < 4.78 is 19.6. The van der Waals surface area contributed by atoms with Gasteiger partial charge in [0.1, 0.15) is 5.82 Å². The molecule has 2 aliphatic rings. The number of anilines is 1. The molecule has 0 aliphatic carbocycles. The maximum absolute atomic E-state index is 13.6. The second-order valence-electron chi connectivity index (χ2n) is 9.00. The molecular formula is C24H31FN6O3. The smallest absolute Gasteiger partial charge is 0.360 e. The van der Waals surface area contributed by atoms with Crippen molar-refractivity contribution in [2.45, 2.75) is 32.4 Å². The van der Waals surface area contributed by atoms with Crippen LogP contribution in [0, 0.1) is 5.82 Å². The van der Waals surface area contributed by atoms with Crippen molar-refractivity contribution in [2.75, 3.05) is 51.3 Å². The number of hydrogen-bond acceptors (Lipinski definition) is 7. The van der Waals surface area contributed by atoms with Crippen molar-refractivity contribution < 1.29 is 18.7 Å². The number of rotatable bonds is 6. The monoisotopic (exact) mass is 470 g/mol. The van der Waals surface area contributed by atoms with Gasteiger partial charge in [-0.15, -0.1) is 5.10 Å². The van der Waals surface area contributed by atoms with Crippen molar-refractivity contribution in [3.63, 3.8) is 0 Å². The summed E-state index contributed by atoms with van der Waals surface area (Å²) in [5.41, 5.74) is 2.31. The van der Waals surface area contributed by atoms with Crippen LogP contribution in [0.4, 0.5) is 10.1 Å². The minimum atomic E-state index is -0.530. The minimum Gasteiger partial charge on any atom is -0.464 e. The number of methoxy groups -OCH3 is 1. The van der Waals surface area contributed by atoms with E-state index >= 15 is 0 Å². The summed E-state index contributed by atoms with van der Waals surface area (Å²) in [6.45, 7) is 8.02. The maximum Gasteiger partial charge on any atom is 0.360 e. The maximum atomic E-state index is 13.6. The first-order valence-electron chi connectivity index (χ1n) is 11.5. The average molecular weight is 471 g/mol. The first-order valence-corrected chi connectivity index (χ1v) is 11.5. The summed E-state index contributed by atoms with van der Waals surface area (Å²) in [5, 5.41) is 8.04. The molecule has 0 radical (unpaired) electrons. The van der Waals surface area contributed by atoms with Crippen LogP contribution in [0.25, 0.3) is 0 Å². The van der Waals surface area contributed by atoms with E-state index in [9.17, 15) is 14.0 Å². The highest BCUT2D eigenvalue weighted by molar-refractivity contribution is 5.86. The fourth-order valence-corrected chi connectivity index (χ4v) is 4.53. The number of aromatic nitrogens is 3. The Morgan fingerprint density at radius 2 is 1.85 bits per heavy atom. The van der Waals surface area contributed by atoms with Crippen molar-refractivity contribution in [3.05, 3.63) is 53.6 Å². The van der Waals surface area contributed by atoms with Gasteiger partial charge in [0.25, 0.3) is 0 Å². The van der Waals surface area contributed by atoms with Crippen molar-refractivity contribution in [1.82, 2.24) is 24.8 Å². The second-order valence-corrected chi connectivity index (χ2v) is 9.00. The van der Waals surface area contributed by atoms with E-state index in [1.807, 2.05) is 18.7 Å². The van der Waals surface area contributed by atoms with Crippen molar-refractivity contribution in [2.24, 2.45) is 0 Å². The zero-order valence-corrected chi connectivity index (χ0v) is 19.9. The molecular weight excluding hydrogens is 439 g/mol. The van der Waals surface area contributed by atoms with Crippen LogP contribution in [0.15, 0.2) is 42.1 Å². The third-order valence-corrected chi connectivity index (χ3v) is 6.46. The predicted molar refractivity (Wildman–Crippen MR) is 125 cm³/mol. The number of carbonyl (C=O) groups excluding carboxylic acids is 2. The highest BCUT2D eigenvalue weighted by atomic mass is 19.1. The van der Waals surface area contributed by atoms with Crippen LogP contribution in [-0.2, 0) is 9.53 Å². The molecule has 0 unspecified atom stereocenters. The standard InChI is InChI=1S/C24H31FN6O3/c1-17(2)8-9-30-15-20(31-16-21(26-27-31)24(33)34-3)14-22(30)23(32)29-12-10-28(11-13-29)19-6-4-18(25)5-7-19/h4-8,16,20,22H,9-15H2,1-3H3/t20-,22-/m0/s1. The van der Waals surface area contributed by atoms with Gasteiger partial charge in [0.05, 0.1) is 25.4 Å². The van der Waals surface area contributed by atoms with E-state index in [1.54, 1.807) is 23.0 Å². The zero-order valence-electron chi connectivity index (χ0n) is 19.9. The van der Waals surface area contributed by atoms with Crippen LogP contribution in [0.3, 0.4) is 0 Å². The zero-order chi connectivity index (χ0) is 24.2. The normalized spacial score (nSPS) is 20.9. The van der Waals surface area contributed by atoms with Gasteiger partial charge >= 0.3 is 5.97 Å². The summed E-state index contributed by atoms with van der Waals surface area (Å²) in [5.74, 6) is -0.676. The number of amides is 1. The van der Waals surface area contributed by atoms with Gasteiger partial charge in [-0.1, -0.05) is 16.9 Å². The Balaban J connectivity index is 1.44. The molecule has 10 heteroatoms. The number of nitrogens with zero attached hydrogens (tertiary/aromatic N) is 6. The van der Waals surface area contributed by atoms with Gasteiger partial charge in [-0.2, -0.15) is 0 Å². The summed E-state index contributed by atoms with van der Waals surface area (Å²) in [6, 6.07) is 6.13. The van der Waals surface area contributed by atoms with Gasteiger partial charge in [-0.25, -0.2) is 13.9 Å². The van der Waals surface area contributed by atoms with E-state index in [1.165, 1.54) is 24.8 Å². The van der Waals surface area contributed by atoms with Crippen molar-refractivity contribution in [3.8, 4) is 0 Å². The molecule has 1 amide bonds. The van der Waals surface area contributed by atoms with E-state index in [2.05, 4.69) is 26.2 Å². The summed E-state index contributed by atoms with van der Waals surface area (Å²) in [7, 11) is 1.31. The number of likely N-dealkylation sites (tertiary alicyclic amines) is 1. The second kappa shape index (κ2) is 10.3. The molecule has 34 heavy (non-hydrogen) atoms. The SMILES string of the molecule is COC(=O)c1cn([C@H]2C[C@@H](C(=O)N3CCN(c4ccc(F)cc4)CC3)N(CC=C(C)C)C2)nn1. The third kappa shape index (κ3) is 5.27. The number of piperazine rings is 1. The first-order chi connectivity index (χ1) is 16.4. The number of ether oxygens (including phenoxy) is 1. The van der Waals surface area contributed by atoms with Crippen LogP contribution >= 0.6 is 0 Å². The Hall–Kier alpha value is -3.27. The molecule has 2 atom stereocenters.